The van der Waals surface area contributed by atoms with E-state index >= 15 is 0 Å². The van der Waals surface area contributed by atoms with Crippen molar-refractivity contribution in [2.24, 2.45) is 0 Å². The van der Waals surface area contributed by atoms with Gasteiger partial charge in [0.15, 0.2) is 16.4 Å². The van der Waals surface area contributed by atoms with E-state index < -0.39 is 22.4 Å². The van der Waals surface area contributed by atoms with E-state index in [1.165, 1.54) is 24.3 Å². The van der Waals surface area contributed by atoms with Gasteiger partial charge in [0.1, 0.15) is 0 Å². The highest BCUT2D eigenvalue weighted by Crippen LogP contribution is 2.19. The smallest absolute Gasteiger partial charge is 0.339 e. The van der Waals surface area contributed by atoms with Crippen molar-refractivity contribution in [1.29, 1.82) is 0 Å². The van der Waals surface area contributed by atoms with E-state index in [2.05, 4.69) is 4.98 Å². The maximum absolute atomic E-state index is 12.3. The van der Waals surface area contributed by atoms with Crippen LogP contribution in [0, 0.1) is 0 Å². The summed E-state index contributed by atoms with van der Waals surface area (Å²) in [5.74, 6) is -1.23. The number of hydrogen-bond donors (Lipinski definition) is 1. The zero-order chi connectivity index (χ0) is 18.0. The van der Waals surface area contributed by atoms with Crippen LogP contribution in [0.2, 0.25) is 0 Å². The number of fused-ring (bicyclic) bond motifs is 1. The van der Waals surface area contributed by atoms with E-state index in [0.717, 1.165) is 17.2 Å². The van der Waals surface area contributed by atoms with E-state index in [9.17, 15) is 18.0 Å². The first kappa shape index (κ1) is 16.9. The van der Waals surface area contributed by atoms with E-state index in [1.54, 1.807) is 18.3 Å². The fraction of sp³-hybridized carbons (Fsp3) is 0.111. The molecule has 0 fully saturated rings. The highest BCUT2D eigenvalue weighted by molar-refractivity contribution is 7.90. The van der Waals surface area contributed by atoms with Gasteiger partial charge in [0.05, 0.1) is 10.5 Å². The van der Waals surface area contributed by atoms with Gasteiger partial charge in [0, 0.05) is 28.9 Å². The molecule has 25 heavy (non-hydrogen) atoms. The predicted molar refractivity (Wildman–Crippen MR) is 92.5 cm³/mol. The molecular formula is C18H15NO5S. The van der Waals surface area contributed by atoms with Crippen molar-refractivity contribution in [2.75, 3.05) is 12.9 Å². The summed E-state index contributed by atoms with van der Waals surface area (Å²) in [6, 6.07) is 13.0. The van der Waals surface area contributed by atoms with Gasteiger partial charge < -0.3 is 9.72 Å². The fourth-order valence-corrected chi connectivity index (χ4v) is 3.42. The SMILES string of the molecule is CS(=O)(=O)c1ccccc1C(=O)OCC(=O)c1c[nH]c2ccccc12. The Hall–Kier alpha value is -2.93. The normalized spacial score (nSPS) is 11.4. The molecular weight excluding hydrogens is 342 g/mol. The number of para-hydroxylation sites is 1. The molecule has 0 atom stereocenters. The monoisotopic (exact) mass is 357 g/mol. The number of carbonyl (C=O) groups excluding carboxylic acids is 2. The molecule has 0 amide bonds. The fourth-order valence-electron chi connectivity index (χ4n) is 2.55. The summed E-state index contributed by atoms with van der Waals surface area (Å²) in [5.41, 5.74) is 1.14. The number of ketones is 1. The van der Waals surface area contributed by atoms with Gasteiger partial charge in [-0.3, -0.25) is 4.79 Å². The predicted octanol–water partition coefficient (Wildman–Crippen LogP) is 2.61. The Morgan fingerprint density at radius 2 is 1.68 bits per heavy atom. The molecule has 1 aromatic heterocycles. The van der Waals surface area contributed by atoms with Crippen LogP contribution in [0.1, 0.15) is 20.7 Å². The molecule has 0 aliphatic rings. The second-order valence-corrected chi connectivity index (χ2v) is 7.50. The third-order valence-electron chi connectivity index (χ3n) is 3.73. The van der Waals surface area contributed by atoms with Crippen LogP contribution < -0.4 is 0 Å². The van der Waals surface area contributed by atoms with Gasteiger partial charge in [-0.1, -0.05) is 30.3 Å². The number of hydrogen-bond acceptors (Lipinski definition) is 5. The molecule has 0 aliphatic carbocycles. The summed E-state index contributed by atoms with van der Waals surface area (Å²) in [4.78, 5) is 27.4. The largest absolute Gasteiger partial charge is 0.454 e. The van der Waals surface area contributed by atoms with Gasteiger partial charge in [-0.25, -0.2) is 13.2 Å². The lowest BCUT2D eigenvalue weighted by atomic mass is 10.1. The summed E-state index contributed by atoms with van der Waals surface area (Å²) in [7, 11) is -3.58. The Morgan fingerprint density at radius 3 is 2.44 bits per heavy atom. The first-order chi connectivity index (χ1) is 11.9. The highest BCUT2D eigenvalue weighted by Gasteiger charge is 2.21. The Balaban J connectivity index is 1.78. The van der Waals surface area contributed by atoms with Crippen LogP contribution in [0.4, 0.5) is 0 Å². The number of rotatable bonds is 5. The number of benzene rings is 2. The zero-order valence-electron chi connectivity index (χ0n) is 13.4. The van der Waals surface area contributed by atoms with Crippen molar-refractivity contribution in [3.8, 4) is 0 Å². The number of esters is 1. The van der Waals surface area contributed by atoms with Crippen molar-refractivity contribution >= 4 is 32.5 Å². The van der Waals surface area contributed by atoms with Crippen LogP contribution in [0.25, 0.3) is 10.9 Å². The molecule has 0 aliphatic heterocycles. The number of nitrogens with one attached hydrogen (secondary N) is 1. The summed E-state index contributed by atoms with van der Waals surface area (Å²) < 4.78 is 28.5. The third kappa shape index (κ3) is 3.46. The summed E-state index contributed by atoms with van der Waals surface area (Å²) >= 11 is 0. The molecule has 128 valence electrons. The standard InChI is InChI=1S/C18H15NO5S/c1-25(22,23)17-9-5-3-7-13(17)18(21)24-11-16(20)14-10-19-15-8-4-2-6-12(14)15/h2-10,19H,11H2,1H3. The Kier molecular flexibility index (Phi) is 4.41. The molecule has 1 N–H and O–H groups in total. The minimum absolute atomic E-state index is 0.0864. The molecule has 0 spiro atoms. The number of aromatic amines is 1. The Bertz CT molecular complexity index is 1070. The first-order valence-electron chi connectivity index (χ1n) is 7.43. The van der Waals surface area contributed by atoms with Crippen LogP contribution >= 0.6 is 0 Å². The summed E-state index contributed by atoms with van der Waals surface area (Å²) in [6.45, 7) is -0.473. The first-order valence-corrected chi connectivity index (χ1v) is 9.32. The van der Waals surface area contributed by atoms with Gasteiger partial charge in [-0.2, -0.15) is 0 Å². The molecule has 6 nitrogen and oxygen atoms in total. The molecule has 0 saturated heterocycles. The van der Waals surface area contributed by atoms with Crippen molar-refractivity contribution < 1.29 is 22.7 Å². The van der Waals surface area contributed by atoms with Crippen molar-refractivity contribution in [1.82, 2.24) is 4.98 Å². The van der Waals surface area contributed by atoms with Crippen molar-refractivity contribution in [2.45, 2.75) is 4.90 Å². The van der Waals surface area contributed by atoms with Crippen molar-refractivity contribution in [3.63, 3.8) is 0 Å². The summed E-state index contributed by atoms with van der Waals surface area (Å²) in [5, 5.41) is 0.736. The lowest BCUT2D eigenvalue weighted by Crippen LogP contribution is -2.16. The second kappa shape index (κ2) is 6.52. The zero-order valence-corrected chi connectivity index (χ0v) is 14.2. The van der Waals surface area contributed by atoms with Gasteiger partial charge in [-0.15, -0.1) is 0 Å². The minimum atomic E-state index is -3.58. The van der Waals surface area contributed by atoms with Crippen LogP contribution in [0.3, 0.4) is 0 Å². The van der Waals surface area contributed by atoms with Crippen LogP contribution in [-0.4, -0.2) is 38.0 Å². The van der Waals surface area contributed by atoms with Gasteiger partial charge in [0.2, 0.25) is 5.78 Å². The van der Waals surface area contributed by atoms with E-state index in [0.29, 0.717) is 5.56 Å². The average molecular weight is 357 g/mol. The number of ether oxygens (including phenoxy) is 1. The molecule has 0 saturated carbocycles. The lowest BCUT2D eigenvalue weighted by Gasteiger charge is -2.07. The number of aromatic nitrogens is 1. The molecule has 7 heteroatoms. The molecule has 3 aromatic rings. The minimum Gasteiger partial charge on any atom is -0.454 e. The second-order valence-electron chi connectivity index (χ2n) is 5.52. The quantitative estimate of drug-likeness (QED) is 0.560. The maximum atomic E-state index is 12.3. The molecule has 2 aromatic carbocycles. The topological polar surface area (TPSA) is 93.3 Å². The third-order valence-corrected chi connectivity index (χ3v) is 4.89. The van der Waals surface area contributed by atoms with Crippen LogP contribution in [0.15, 0.2) is 59.6 Å². The van der Waals surface area contributed by atoms with E-state index in [1.807, 2.05) is 12.1 Å². The van der Waals surface area contributed by atoms with Gasteiger partial charge in [-0.05, 0) is 18.2 Å². The number of Topliss-reactive ketones (excluding diaryl/α,β-unsaturated/α-hetero) is 1. The van der Waals surface area contributed by atoms with Crippen LogP contribution in [0.5, 0.6) is 0 Å². The molecule has 3 rings (SSSR count). The average Bonchev–Trinajstić information content (AvgIpc) is 3.03. The van der Waals surface area contributed by atoms with E-state index in [-0.39, 0.29) is 16.2 Å². The Labute approximate surface area is 144 Å². The highest BCUT2D eigenvalue weighted by atomic mass is 32.2. The number of carbonyl (C=O) groups is 2. The maximum Gasteiger partial charge on any atom is 0.339 e. The van der Waals surface area contributed by atoms with E-state index in [4.69, 9.17) is 4.74 Å². The van der Waals surface area contributed by atoms with Gasteiger partial charge >= 0.3 is 5.97 Å². The molecule has 0 radical (unpaired) electrons. The Morgan fingerprint density at radius 1 is 1.00 bits per heavy atom. The molecule has 1 heterocycles. The number of H-pyrrole nitrogens is 1. The molecule has 0 unspecified atom stereocenters. The van der Waals surface area contributed by atoms with Gasteiger partial charge in [0.25, 0.3) is 0 Å². The lowest BCUT2D eigenvalue weighted by molar-refractivity contribution is 0.0471. The molecule has 0 bridgehead atoms. The summed E-state index contributed by atoms with van der Waals surface area (Å²) in [6.07, 6.45) is 2.57. The van der Waals surface area contributed by atoms with Crippen molar-refractivity contribution in [3.05, 3.63) is 65.9 Å². The number of sulfone groups is 1. The van der Waals surface area contributed by atoms with Crippen LogP contribution in [-0.2, 0) is 14.6 Å².